The van der Waals surface area contributed by atoms with Gasteiger partial charge >= 0.3 is 5.69 Å². The molecule has 6 heteroatoms. The smallest absolute Gasteiger partial charge is 0.314 e. The summed E-state index contributed by atoms with van der Waals surface area (Å²) in [6.45, 7) is 2.21. The van der Waals surface area contributed by atoms with Crippen LogP contribution in [0.15, 0.2) is 12.1 Å². The Hall–Kier alpha value is -1.82. The summed E-state index contributed by atoms with van der Waals surface area (Å²) in [5, 5.41) is 20.3. The van der Waals surface area contributed by atoms with Crippen LogP contribution in [0.25, 0.3) is 0 Å². The highest BCUT2D eigenvalue weighted by molar-refractivity contribution is 5.57. The number of phenolic OH excluding ortho intramolecular Hbond substituents is 1. The summed E-state index contributed by atoms with van der Waals surface area (Å²) in [5.41, 5.74) is 5.79. The lowest BCUT2D eigenvalue weighted by Crippen LogP contribution is -2.09. The first kappa shape index (κ1) is 12.3. The number of hydrogen-bond acceptors (Lipinski definition) is 5. The van der Waals surface area contributed by atoms with Gasteiger partial charge in [-0.2, -0.15) is 0 Å². The normalized spacial score (nSPS) is 12.2. The van der Waals surface area contributed by atoms with Crippen LogP contribution < -0.4 is 10.5 Å². The van der Waals surface area contributed by atoms with Gasteiger partial charge in [-0.05, 0) is 24.1 Å². The van der Waals surface area contributed by atoms with Crippen molar-refractivity contribution in [3.8, 4) is 11.5 Å². The fraction of sp³-hybridized carbons (Fsp3) is 0.400. The molecule has 0 aliphatic carbocycles. The zero-order chi connectivity index (χ0) is 12.3. The number of aromatic hydroxyl groups is 1. The summed E-state index contributed by atoms with van der Waals surface area (Å²) in [7, 11) is 1.34. The minimum absolute atomic E-state index is 0.0341. The highest BCUT2D eigenvalue weighted by atomic mass is 16.6. The van der Waals surface area contributed by atoms with Gasteiger partial charge in [0.25, 0.3) is 0 Å². The number of nitro benzene ring substituents is 1. The first-order chi connectivity index (χ1) is 7.51. The predicted molar refractivity (Wildman–Crippen MR) is 58.8 cm³/mol. The molecule has 0 amide bonds. The van der Waals surface area contributed by atoms with Crippen LogP contribution >= 0.6 is 0 Å². The van der Waals surface area contributed by atoms with E-state index in [0.717, 1.165) is 0 Å². The summed E-state index contributed by atoms with van der Waals surface area (Å²) >= 11 is 0. The number of rotatable bonds is 4. The molecule has 1 atom stereocenters. The van der Waals surface area contributed by atoms with E-state index in [2.05, 4.69) is 0 Å². The summed E-state index contributed by atoms with van der Waals surface area (Å²) in [6, 6.07) is 2.87. The number of nitrogens with two attached hydrogens (primary N) is 1. The Morgan fingerprint density at radius 2 is 2.25 bits per heavy atom. The van der Waals surface area contributed by atoms with Crippen molar-refractivity contribution in [2.45, 2.75) is 12.8 Å². The monoisotopic (exact) mass is 226 g/mol. The standard InChI is InChI=1S/C10H14N2O4/c1-6(5-11)7-3-8(12(14)15)10(13)9(4-7)16-2/h3-4,6,13H,5,11H2,1-2H3. The summed E-state index contributed by atoms with van der Waals surface area (Å²) in [4.78, 5) is 10.1. The van der Waals surface area contributed by atoms with E-state index in [-0.39, 0.29) is 17.4 Å². The zero-order valence-corrected chi connectivity index (χ0v) is 9.14. The second kappa shape index (κ2) is 4.80. The lowest BCUT2D eigenvalue weighted by Gasteiger charge is -2.11. The number of hydrogen-bond donors (Lipinski definition) is 2. The third-order valence-corrected chi connectivity index (χ3v) is 2.42. The first-order valence-electron chi connectivity index (χ1n) is 4.76. The highest BCUT2D eigenvalue weighted by Gasteiger charge is 2.21. The summed E-state index contributed by atoms with van der Waals surface area (Å²) in [5.74, 6) is -0.404. The topological polar surface area (TPSA) is 98.6 Å². The van der Waals surface area contributed by atoms with Gasteiger partial charge in [-0.15, -0.1) is 0 Å². The van der Waals surface area contributed by atoms with Gasteiger partial charge in [0.15, 0.2) is 5.75 Å². The average Bonchev–Trinajstić information content (AvgIpc) is 2.27. The highest BCUT2D eigenvalue weighted by Crippen LogP contribution is 2.38. The Bertz CT molecular complexity index is 406. The number of ether oxygens (including phenoxy) is 1. The molecule has 0 fully saturated rings. The van der Waals surface area contributed by atoms with Crippen LogP contribution in [0, 0.1) is 10.1 Å². The molecule has 1 aromatic rings. The molecule has 1 unspecified atom stereocenters. The van der Waals surface area contributed by atoms with Gasteiger partial charge in [0.05, 0.1) is 12.0 Å². The summed E-state index contributed by atoms with van der Waals surface area (Å²) in [6.07, 6.45) is 0. The molecule has 0 aliphatic heterocycles. The molecule has 1 rings (SSSR count). The number of benzene rings is 1. The van der Waals surface area contributed by atoms with Crippen molar-refractivity contribution in [1.82, 2.24) is 0 Å². The van der Waals surface area contributed by atoms with Gasteiger partial charge < -0.3 is 15.6 Å². The van der Waals surface area contributed by atoms with Gasteiger partial charge in [-0.25, -0.2) is 0 Å². The number of phenols is 1. The molecule has 6 nitrogen and oxygen atoms in total. The van der Waals surface area contributed by atoms with Crippen molar-refractivity contribution in [1.29, 1.82) is 0 Å². The fourth-order valence-corrected chi connectivity index (χ4v) is 1.33. The van der Waals surface area contributed by atoms with E-state index in [4.69, 9.17) is 10.5 Å². The van der Waals surface area contributed by atoms with E-state index in [1.54, 1.807) is 6.07 Å². The molecule has 0 aliphatic rings. The van der Waals surface area contributed by atoms with Gasteiger partial charge in [-0.1, -0.05) is 6.92 Å². The molecule has 0 spiro atoms. The van der Waals surface area contributed by atoms with Crippen molar-refractivity contribution in [2.75, 3.05) is 13.7 Å². The molecule has 16 heavy (non-hydrogen) atoms. The SMILES string of the molecule is COc1cc(C(C)CN)cc([N+](=O)[O-])c1O. The van der Waals surface area contributed by atoms with Crippen molar-refractivity contribution in [2.24, 2.45) is 5.73 Å². The maximum Gasteiger partial charge on any atom is 0.314 e. The Kier molecular flexibility index (Phi) is 3.68. The number of nitrogens with zero attached hydrogens (tertiary/aromatic N) is 1. The molecule has 0 saturated carbocycles. The Labute approximate surface area is 92.8 Å². The van der Waals surface area contributed by atoms with Crippen LogP contribution in [-0.4, -0.2) is 23.7 Å². The molecular formula is C10H14N2O4. The lowest BCUT2D eigenvalue weighted by molar-refractivity contribution is -0.386. The Balaban J connectivity index is 3.34. The van der Waals surface area contributed by atoms with E-state index in [0.29, 0.717) is 12.1 Å². The number of methoxy groups -OCH3 is 1. The van der Waals surface area contributed by atoms with Gasteiger partial charge in [-0.3, -0.25) is 10.1 Å². The van der Waals surface area contributed by atoms with Crippen molar-refractivity contribution in [3.05, 3.63) is 27.8 Å². The molecule has 88 valence electrons. The predicted octanol–water partition coefficient (Wildman–Crippen LogP) is 1.37. The molecule has 0 aromatic heterocycles. The molecule has 0 saturated heterocycles. The number of nitro groups is 1. The third kappa shape index (κ3) is 2.22. The molecule has 1 aromatic carbocycles. The van der Waals surface area contributed by atoms with Gasteiger partial charge in [0, 0.05) is 6.07 Å². The van der Waals surface area contributed by atoms with Crippen LogP contribution in [0.2, 0.25) is 0 Å². The molecular weight excluding hydrogens is 212 g/mol. The Morgan fingerprint density at radius 3 is 2.69 bits per heavy atom. The second-order valence-electron chi connectivity index (χ2n) is 3.48. The maximum atomic E-state index is 10.7. The van der Waals surface area contributed by atoms with E-state index >= 15 is 0 Å². The van der Waals surface area contributed by atoms with E-state index in [1.807, 2.05) is 6.92 Å². The third-order valence-electron chi connectivity index (χ3n) is 2.42. The minimum atomic E-state index is -0.648. The van der Waals surface area contributed by atoms with Crippen LogP contribution in [0.5, 0.6) is 11.5 Å². The lowest BCUT2D eigenvalue weighted by atomic mass is 10.00. The first-order valence-corrected chi connectivity index (χ1v) is 4.76. The Morgan fingerprint density at radius 1 is 1.62 bits per heavy atom. The van der Waals surface area contributed by atoms with Gasteiger partial charge in [0.2, 0.25) is 5.75 Å². The van der Waals surface area contributed by atoms with Crippen molar-refractivity contribution < 1.29 is 14.8 Å². The second-order valence-corrected chi connectivity index (χ2v) is 3.48. The average molecular weight is 226 g/mol. The van der Waals surface area contributed by atoms with E-state index in [1.165, 1.54) is 13.2 Å². The van der Waals surface area contributed by atoms with E-state index in [9.17, 15) is 15.2 Å². The van der Waals surface area contributed by atoms with E-state index < -0.39 is 10.7 Å². The summed E-state index contributed by atoms with van der Waals surface area (Å²) < 4.78 is 4.88. The molecule has 0 radical (unpaired) electrons. The van der Waals surface area contributed by atoms with Crippen LogP contribution in [0.3, 0.4) is 0 Å². The molecule has 3 N–H and O–H groups in total. The quantitative estimate of drug-likeness (QED) is 0.596. The van der Waals surface area contributed by atoms with Crippen LogP contribution in [0.4, 0.5) is 5.69 Å². The van der Waals surface area contributed by atoms with Crippen LogP contribution in [-0.2, 0) is 0 Å². The molecule has 0 heterocycles. The largest absolute Gasteiger partial charge is 0.500 e. The fourth-order valence-electron chi connectivity index (χ4n) is 1.33. The van der Waals surface area contributed by atoms with Gasteiger partial charge in [0.1, 0.15) is 0 Å². The minimum Gasteiger partial charge on any atom is -0.500 e. The molecule has 0 bridgehead atoms. The van der Waals surface area contributed by atoms with Crippen molar-refractivity contribution in [3.63, 3.8) is 0 Å². The van der Waals surface area contributed by atoms with Crippen molar-refractivity contribution >= 4 is 5.69 Å². The zero-order valence-electron chi connectivity index (χ0n) is 9.14. The maximum absolute atomic E-state index is 10.7. The van der Waals surface area contributed by atoms with Crippen LogP contribution in [0.1, 0.15) is 18.4 Å².